The number of hydrogen-bond donors (Lipinski definition) is 1. The first-order chi connectivity index (χ1) is 10.5. The van der Waals surface area contributed by atoms with Gasteiger partial charge in [0.15, 0.2) is 0 Å². The van der Waals surface area contributed by atoms with Gasteiger partial charge in [-0.25, -0.2) is 0 Å². The van der Waals surface area contributed by atoms with Crippen LogP contribution in [0.5, 0.6) is 0 Å². The van der Waals surface area contributed by atoms with E-state index in [0.29, 0.717) is 52.5 Å². The Morgan fingerprint density at radius 1 is 1.27 bits per heavy atom. The van der Waals surface area contributed by atoms with Gasteiger partial charge in [-0.2, -0.15) is 17.4 Å². The summed E-state index contributed by atoms with van der Waals surface area (Å²) in [4.78, 5) is 0. The Hall–Kier alpha value is -0.510. The summed E-state index contributed by atoms with van der Waals surface area (Å²) in [6, 6.07) is -0.354. The van der Waals surface area contributed by atoms with Gasteiger partial charge < -0.3 is 14.2 Å². The maximum Gasteiger partial charge on any atom is 0.280 e. The number of hydrogen-bond acceptors (Lipinski definition) is 5. The molecule has 8 heteroatoms. The van der Waals surface area contributed by atoms with Gasteiger partial charge in [0.25, 0.3) is 10.2 Å². The summed E-state index contributed by atoms with van der Waals surface area (Å²) in [5, 5.41) is 0. The molecule has 22 heavy (non-hydrogen) atoms. The van der Waals surface area contributed by atoms with Crippen LogP contribution in [-0.4, -0.2) is 71.0 Å². The van der Waals surface area contributed by atoms with E-state index in [1.807, 2.05) is 19.9 Å². The zero-order valence-electron chi connectivity index (χ0n) is 13.3. The lowest BCUT2D eigenvalue weighted by Crippen LogP contribution is -2.55. The lowest BCUT2D eigenvalue weighted by atomic mass is 10.1. The first-order valence-corrected chi connectivity index (χ1v) is 9.11. The van der Waals surface area contributed by atoms with Crippen molar-refractivity contribution in [3.8, 4) is 0 Å². The Labute approximate surface area is 132 Å². The molecule has 2 aliphatic rings. The average Bonchev–Trinajstić information content (AvgIpc) is 2.49. The van der Waals surface area contributed by atoms with Crippen LogP contribution >= 0.6 is 0 Å². The Kier molecular flexibility index (Phi) is 6.79. The van der Waals surface area contributed by atoms with Crippen LogP contribution in [0.25, 0.3) is 0 Å². The Balaban J connectivity index is 1.93. The molecule has 0 aromatic rings. The molecule has 0 amide bonds. The summed E-state index contributed by atoms with van der Waals surface area (Å²) in [6.07, 6.45) is 2.51. The summed E-state index contributed by atoms with van der Waals surface area (Å²) in [6.45, 7) is 7.06. The molecule has 2 aliphatic heterocycles. The second-order valence-corrected chi connectivity index (χ2v) is 7.46. The largest absolute Gasteiger partial charge is 0.380 e. The van der Waals surface area contributed by atoms with Crippen LogP contribution in [0.1, 0.15) is 20.3 Å². The summed E-state index contributed by atoms with van der Waals surface area (Å²) >= 11 is 0. The van der Waals surface area contributed by atoms with Crippen molar-refractivity contribution in [2.24, 2.45) is 0 Å². The zero-order chi connectivity index (χ0) is 16.0. The molecule has 2 atom stereocenters. The smallest absolute Gasteiger partial charge is 0.280 e. The third-order valence-electron chi connectivity index (χ3n) is 3.71. The highest BCUT2D eigenvalue weighted by atomic mass is 32.2. The highest BCUT2D eigenvalue weighted by Gasteiger charge is 2.33. The van der Waals surface area contributed by atoms with Gasteiger partial charge in [0.2, 0.25) is 0 Å². The van der Waals surface area contributed by atoms with E-state index in [4.69, 9.17) is 14.2 Å². The van der Waals surface area contributed by atoms with Gasteiger partial charge in [0.1, 0.15) is 0 Å². The average molecular weight is 334 g/mol. The topological polar surface area (TPSA) is 77.1 Å². The van der Waals surface area contributed by atoms with E-state index >= 15 is 0 Å². The van der Waals surface area contributed by atoms with Gasteiger partial charge in [-0.15, -0.1) is 0 Å². The van der Waals surface area contributed by atoms with Crippen LogP contribution in [0.2, 0.25) is 0 Å². The predicted molar refractivity (Wildman–Crippen MR) is 82.8 cm³/mol. The minimum atomic E-state index is -3.53. The fourth-order valence-electron chi connectivity index (χ4n) is 2.42. The van der Waals surface area contributed by atoms with Crippen LogP contribution in [-0.2, 0) is 24.4 Å². The number of ether oxygens (including phenoxy) is 3. The maximum absolute atomic E-state index is 12.4. The number of nitrogens with one attached hydrogen (secondary N) is 1. The first kappa shape index (κ1) is 17.8. The first-order valence-electron chi connectivity index (χ1n) is 7.67. The Morgan fingerprint density at radius 2 is 2.00 bits per heavy atom. The van der Waals surface area contributed by atoms with Crippen molar-refractivity contribution in [1.82, 2.24) is 9.03 Å². The summed E-state index contributed by atoms with van der Waals surface area (Å²) in [7, 11) is -3.53. The third kappa shape index (κ3) is 5.29. The fraction of sp³-hybridized carbons (Fsp3) is 0.857. The monoisotopic (exact) mass is 334 g/mol. The van der Waals surface area contributed by atoms with Crippen LogP contribution in [0.15, 0.2) is 11.6 Å². The second-order valence-electron chi connectivity index (χ2n) is 5.76. The molecular weight excluding hydrogens is 308 g/mol. The molecule has 0 saturated carbocycles. The minimum Gasteiger partial charge on any atom is -0.380 e. The molecule has 0 unspecified atom stereocenters. The van der Waals surface area contributed by atoms with Gasteiger partial charge in [-0.05, 0) is 20.3 Å². The quantitative estimate of drug-likeness (QED) is 0.707. The molecule has 2 saturated heterocycles. The lowest BCUT2D eigenvalue weighted by Gasteiger charge is -2.34. The second kappa shape index (κ2) is 8.37. The summed E-state index contributed by atoms with van der Waals surface area (Å²) in [5.41, 5.74) is 1.18. The normalized spacial score (nSPS) is 27.5. The van der Waals surface area contributed by atoms with Gasteiger partial charge in [-0.3, -0.25) is 0 Å². The van der Waals surface area contributed by atoms with E-state index in [9.17, 15) is 8.42 Å². The van der Waals surface area contributed by atoms with Crippen molar-refractivity contribution < 1.29 is 22.6 Å². The van der Waals surface area contributed by atoms with E-state index in [-0.39, 0.29) is 12.1 Å². The van der Waals surface area contributed by atoms with Gasteiger partial charge in [-0.1, -0.05) is 11.6 Å². The van der Waals surface area contributed by atoms with Gasteiger partial charge >= 0.3 is 0 Å². The maximum atomic E-state index is 12.4. The Bertz CT molecular complexity index is 470. The van der Waals surface area contributed by atoms with Gasteiger partial charge in [0.05, 0.1) is 38.6 Å². The van der Waals surface area contributed by atoms with Crippen LogP contribution in [0.3, 0.4) is 0 Å². The molecule has 0 aliphatic carbocycles. The van der Waals surface area contributed by atoms with Crippen molar-refractivity contribution in [1.29, 1.82) is 0 Å². The molecule has 0 spiro atoms. The van der Waals surface area contributed by atoms with E-state index in [0.717, 1.165) is 0 Å². The highest BCUT2D eigenvalue weighted by molar-refractivity contribution is 7.87. The third-order valence-corrected chi connectivity index (χ3v) is 5.35. The fourth-order valence-corrected chi connectivity index (χ4v) is 3.80. The standard InChI is InChI=1S/C14H26N2O5S/c1-12(2)3-8-21-14-4-7-20-11-13(14)15-22(17,18)16-5-9-19-10-6-16/h3,13-15H,4-11H2,1-2H3/t13-,14+/m1/s1. The SMILES string of the molecule is CC(C)=CCO[C@H]1CCOC[C@H]1NS(=O)(=O)N1CCOCC1. The van der Waals surface area contributed by atoms with Crippen LogP contribution in [0, 0.1) is 0 Å². The highest BCUT2D eigenvalue weighted by Crippen LogP contribution is 2.15. The number of rotatable bonds is 6. The van der Waals surface area contributed by atoms with Gasteiger partial charge in [0, 0.05) is 19.7 Å². The molecule has 2 rings (SSSR count). The number of nitrogens with zero attached hydrogens (tertiary/aromatic N) is 1. The number of allylic oxidation sites excluding steroid dienone is 1. The molecule has 2 fully saturated rings. The van der Waals surface area contributed by atoms with Crippen LogP contribution in [0.4, 0.5) is 0 Å². The molecule has 1 N–H and O–H groups in total. The summed E-state index contributed by atoms with van der Waals surface area (Å²) < 4.78 is 45.4. The Morgan fingerprint density at radius 3 is 2.68 bits per heavy atom. The molecule has 7 nitrogen and oxygen atoms in total. The number of morpholine rings is 1. The molecule has 0 bridgehead atoms. The predicted octanol–water partition coefficient (Wildman–Crippen LogP) is 0.293. The lowest BCUT2D eigenvalue weighted by molar-refractivity contribution is -0.0424. The molecule has 0 aromatic carbocycles. The molecule has 0 aromatic heterocycles. The molecule has 0 radical (unpaired) electrons. The van der Waals surface area contributed by atoms with Crippen molar-refractivity contribution in [3.63, 3.8) is 0 Å². The van der Waals surface area contributed by atoms with Crippen molar-refractivity contribution in [2.75, 3.05) is 46.1 Å². The van der Waals surface area contributed by atoms with Crippen molar-refractivity contribution >= 4 is 10.2 Å². The van der Waals surface area contributed by atoms with E-state index in [2.05, 4.69) is 4.72 Å². The van der Waals surface area contributed by atoms with E-state index in [1.165, 1.54) is 9.88 Å². The van der Waals surface area contributed by atoms with Crippen LogP contribution < -0.4 is 4.72 Å². The van der Waals surface area contributed by atoms with E-state index < -0.39 is 10.2 Å². The summed E-state index contributed by atoms with van der Waals surface area (Å²) in [5.74, 6) is 0. The minimum absolute atomic E-state index is 0.167. The zero-order valence-corrected chi connectivity index (χ0v) is 14.1. The molecular formula is C14H26N2O5S. The van der Waals surface area contributed by atoms with Crippen molar-refractivity contribution in [3.05, 3.63) is 11.6 Å². The van der Waals surface area contributed by atoms with E-state index in [1.54, 1.807) is 0 Å². The molecule has 2 heterocycles. The molecule has 128 valence electrons. The van der Waals surface area contributed by atoms with Crippen molar-refractivity contribution in [2.45, 2.75) is 32.4 Å².